The van der Waals surface area contributed by atoms with Gasteiger partial charge in [-0.3, -0.25) is 9.59 Å². The van der Waals surface area contributed by atoms with Crippen molar-refractivity contribution in [2.24, 2.45) is 5.10 Å². The first-order valence-corrected chi connectivity index (χ1v) is 16.6. The maximum Gasteiger partial charge on any atom is 0.282 e. The topological polar surface area (TPSA) is 104 Å². The largest absolute Gasteiger partial charge is 0.494 e. The molecule has 0 spiro atoms. The van der Waals surface area contributed by atoms with E-state index in [1.165, 1.54) is 4.68 Å². The summed E-state index contributed by atoms with van der Waals surface area (Å²) in [4.78, 5) is 31.4. The molecule has 47 heavy (non-hydrogen) atoms. The Labute approximate surface area is 287 Å². The van der Waals surface area contributed by atoms with E-state index in [0.29, 0.717) is 52.7 Å². The number of halogens is 1. The first-order chi connectivity index (χ1) is 22.7. The molecule has 1 heterocycles. The Morgan fingerprint density at radius 3 is 2.38 bits per heavy atom. The van der Waals surface area contributed by atoms with Crippen molar-refractivity contribution in [2.75, 3.05) is 25.1 Å². The number of amides is 1. The van der Waals surface area contributed by atoms with Gasteiger partial charge in [0.1, 0.15) is 5.75 Å². The van der Waals surface area contributed by atoms with E-state index in [2.05, 4.69) is 41.8 Å². The number of rotatable bonds is 12. The number of hydrogen-bond acceptors (Lipinski definition) is 7. The lowest BCUT2D eigenvalue weighted by atomic mass is 9.96. The second-order valence-electron chi connectivity index (χ2n) is 11.1. The van der Waals surface area contributed by atoms with E-state index in [-0.39, 0.29) is 24.0 Å². The first kappa shape index (κ1) is 33.6. The van der Waals surface area contributed by atoms with Crippen LogP contribution in [0, 0.1) is 10.5 Å². The van der Waals surface area contributed by atoms with Crippen LogP contribution in [0.15, 0.2) is 88.8 Å². The molecule has 0 aliphatic carbocycles. The van der Waals surface area contributed by atoms with Crippen LogP contribution in [0.25, 0.3) is 22.3 Å². The molecule has 0 aliphatic heterocycles. The molecule has 1 aromatic heterocycles. The zero-order valence-corrected chi connectivity index (χ0v) is 29.2. The average Bonchev–Trinajstić information content (AvgIpc) is 3.04. The lowest BCUT2D eigenvalue weighted by Crippen LogP contribution is -2.21. The van der Waals surface area contributed by atoms with Crippen molar-refractivity contribution in [1.82, 2.24) is 9.66 Å². The van der Waals surface area contributed by atoms with Crippen LogP contribution in [0.4, 0.5) is 5.69 Å². The molecule has 0 bridgehead atoms. The van der Waals surface area contributed by atoms with Gasteiger partial charge in [-0.15, -0.1) is 0 Å². The maximum absolute atomic E-state index is 13.9. The molecule has 0 saturated heterocycles. The second-order valence-corrected chi connectivity index (χ2v) is 12.2. The summed E-state index contributed by atoms with van der Waals surface area (Å²) in [6.07, 6.45) is 1.60. The minimum absolute atomic E-state index is 0.184. The van der Waals surface area contributed by atoms with Gasteiger partial charge < -0.3 is 19.5 Å². The molecule has 9 nitrogen and oxygen atoms in total. The zero-order chi connectivity index (χ0) is 33.5. The van der Waals surface area contributed by atoms with Gasteiger partial charge in [0, 0.05) is 11.3 Å². The number of aromatic nitrogens is 2. The van der Waals surface area contributed by atoms with Crippen molar-refractivity contribution >= 4 is 51.3 Å². The second kappa shape index (κ2) is 15.3. The molecule has 242 valence electrons. The highest BCUT2D eigenvalue weighted by Gasteiger charge is 2.19. The Hall–Kier alpha value is -4.71. The van der Waals surface area contributed by atoms with Gasteiger partial charge in [-0.25, -0.2) is 4.98 Å². The standard InChI is InChI=1S/C37H37IN4O5/c1-6-45-32-17-24(5)29(20-28(32)23(3)4)36-41-31-16-12-11-15-27(31)37(44)42(36)39-21-25-18-30(38)35(33(19-25)46-7-2)47-22-34(43)40-26-13-9-8-10-14-26/h8-21,23H,6-7,22H2,1-5H3,(H,40,43). The van der Waals surface area contributed by atoms with Crippen molar-refractivity contribution in [1.29, 1.82) is 0 Å². The lowest BCUT2D eigenvalue weighted by Gasteiger charge is -2.18. The minimum atomic E-state index is -0.291. The smallest absolute Gasteiger partial charge is 0.282 e. The molecular formula is C37H37IN4O5. The van der Waals surface area contributed by atoms with Crippen LogP contribution in [0.3, 0.4) is 0 Å². The average molecular weight is 745 g/mol. The Morgan fingerprint density at radius 1 is 0.957 bits per heavy atom. The summed E-state index contributed by atoms with van der Waals surface area (Å²) >= 11 is 2.14. The number of anilines is 1. The van der Waals surface area contributed by atoms with Crippen LogP contribution in [-0.2, 0) is 4.79 Å². The summed E-state index contributed by atoms with van der Waals surface area (Å²) in [6, 6.07) is 24.1. The highest BCUT2D eigenvalue weighted by Crippen LogP contribution is 2.35. The summed E-state index contributed by atoms with van der Waals surface area (Å²) in [5.41, 5.74) is 4.39. The zero-order valence-electron chi connectivity index (χ0n) is 27.0. The van der Waals surface area contributed by atoms with Gasteiger partial charge in [-0.05, 0) is 115 Å². The van der Waals surface area contributed by atoms with Crippen molar-refractivity contribution in [3.63, 3.8) is 0 Å². The first-order valence-electron chi connectivity index (χ1n) is 15.5. The van der Waals surface area contributed by atoms with Gasteiger partial charge in [0.05, 0.1) is 33.9 Å². The summed E-state index contributed by atoms with van der Waals surface area (Å²) in [5.74, 6) is 2.05. The predicted octanol–water partition coefficient (Wildman–Crippen LogP) is 7.80. The van der Waals surface area contributed by atoms with Crippen molar-refractivity contribution in [3.05, 3.63) is 109 Å². The van der Waals surface area contributed by atoms with Gasteiger partial charge in [0.15, 0.2) is 23.9 Å². The summed E-state index contributed by atoms with van der Waals surface area (Å²) in [7, 11) is 0. The number of ether oxygens (including phenoxy) is 3. The summed E-state index contributed by atoms with van der Waals surface area (Å²) in [5, 5.41) is 7.97. The number of nitrogens with zero attached hydrogens (tertiary/aromatic N) is 3. The number of carbonyl (C=O) groups is 1. The van der Waals surface area contributed by atoms with E-state index in [4.69, 9.17) is 24.3 Å². The molecule has 0 aliphatic rings. The lowest BCUT2D eigenvalue weighted by molar-refractivity contribution is -0.118. The van der Waals surface area contributed by atoms with E-state index >= 15 is 0 Å². The van der Waals surface area contributed by atoms with Crippen LogP contribution < -0.4 is 25.1 Å². The fourth-order valence-electron chi connectivity index (χ4n) is 5.12. The number of hydrogen-bond donors (Lipinski definition) is 1. The quantitative estimate of drug-likeness (QED) is 0.103. The van der Waals surface area contributed by atoms with E-state index < -0.39 is 0 Å². The Morgan fingerprint density at radius 2 is 1.66 bits per heavy atom. The number of benzene rings is 4. The van der Waals surface area contributed by atoms with E-state index in [1.54, 1.807) is 18.3 Å². The maximum atomic E-state index is 13.9. The van der Waals surface area contributed by atoms with Gasteiger partial charge in [0.25, 0.3) is 11.5 Å². The molecule has 10 heteroatoms. The third kappa shape index (κ3) is 7.82. The van der Waals surface area contributed by atoms with Crippen molar-refractivity contribution in [2.45, 2.75) is 40.5 Å². The Kier molecular flexibility index (Phi) is 10.9. The van der Waals surface area contributed by atoms with Gasteiger partial charge in [-0.2, -0.15) is 9.78 Å². The number of para-hydroxylation sites is 2. The monoisotopic (exact) mass is 744 g/mol. The van der Waals surface area contributed by atoms with E-state index in [1.807, 2.05) is 87.5 Å². The molecule has 4 aromatic carbocycles. The van der Waals surface area contributed by atoms with Crippen LogP contribution in [0.2, 0.25) is 0 Å². The fraction of sp³-hybridized carbons (Fsp3) is 0.243. The third-order valence-electron chi connectivity index (χ3n) is 7.33. The molecule has 0 fully saturated rings. The van der Waals surface area contributed by atoms with Crippen LogP contribution in [0.1, 0.15) is 50.3 Å². The Bertz CT molecular complexity index is 1990. The van der Waals surface area contributed by atoms with E-state index in [9.17, 15) is 9.59 Å². The molecule has 5 aromatic rings. The van der Waals surface area contributed by atoms with Crippen LogP contribution in [-0.4, -0.2) is 41.6 Å². The number of fused-ring (bicyclic) bond motifs is 1. The minimum Gasteiger partial charge on any atom is -0.494 e. The van der Waals surface area contributed by atoms with Crippen LogP contribution in [0.5, 0.6) is 17.2 Å². The van der Waals surface area contributed by atoms with Gasteiger partial charge in [-0.1, -0.05) is 44.2 Å². The molecule has 0 atom stereocenters. The normalized spacial score (nSPS) is 11.3. The Balaban J connectivity index is 1.53. The number of nitrogens with one attached hydrogen (secondary N) is 1. The van der Waals surface area contributed by atoms with Gasteiger partial charge in [0.2, 0.25) is 0 Å². The molecule has 0 saturated carbocycles. The van der Waals surface area contributed by atoms with Crippen LogP contribution >= 0.6 is 22.6 Å². The fourth-order valence-corrected chi connectivity index (χ4v) is 5.90. The highest BCUT2D eigenvalue weighted by atomic mass is 127. The molecule has 1 amide bonds. The third-order valence-corrected chi connectivity index (χ3v) is 8.13. The predicted molar refractivity (Wildman–Crippen MR) is 195 cm³/mol. The molecule has 0 radical (unpaired) electrons. The molecule has 0 unspecified atom stereocenters. The molecular weight excluding hydrogens is 707 g/mol. The van der Waals surface area contributed by atoms with Crippen molar-refractivity contribution in [3.8, 4) is 28.6 Å². The number of aryl methyl sites for hydroxylation is 1. The van der Waals surface area contributed by atoms with E-state index in [0.717, 1.165) is 26.0 Å². The molecule has 1 N–H and O–H groups in total. The van der Waals surface area contributed by atoms with Crippen molar-refractivity contribution < 1.29 is 19.0 Å². The molecule has 5 rings (SSSR count). The summed E-state index contributed by atoms with van der Waals surface area (Å²) < 4.78 is 19.8. The van der Waals surface area contributed by atoms with Gasteiger partial charge >= 0.3 is 0 Å². The SMILES string of the molecule is CCOc1cc(C)c(-c2nc3ccccc3c(=O)n2N=Cc2cc(I)c(OCC(=O)Nc3ccccc3)c(OCC)c2)cc1C(C)C. The summed E-state index contributed by atoms with van der Waals surface area (Å²) in [6.45, 7) is 10.8. The number of carbonyl (C=O) groups excluding carboxylic acids is 1. The highest BCUT2D eigenvalue weighted by molar-refractivity contribution is 14.1.